The first-order valence-corrected chi connectivity index (χ1v) is 6.36. The highest BCUT2D eigenvalue weighted by atomic mass is 35.5. The molecule has 0 unspecified atom stereocenters. The standard InChI is InChI=1S/C12H14Cl2N2O3/c1-6(17)16-10-7(3-4-13)11(19-2)8(12(15)18)5-9(10)14/h5H,3-4H2,1-2H3,(H2,15,18)(H,16,17). The van der Waals surface area contributed by atoms with Gasteiger partial charge in [-0.15, -0.1) is 11.6 Å². The second-order valence-corrected chi connectivity index (χ2v) is 4.56. The number of benzene rings is 1. The first kappa shape index (κ1) is 15.6. The number of nitrogens with two attached hydrogens (primary N) is 1. The number of halogens is 2. The summed E-state index contributed by atoms with van der Waals surface area (Å²) in [4.78, 5) is 22.6. The fourth-order valence-electron chi connectivity index (χ4n) is 1.75. The maximum atomic E-state index is 11.4. The molecule has 5 nitrogen and oxygen atoms in total. The SMILES string of the molecule is COc1c(C(N)=O)cc(Cl)c(NC(C)=O)c1CCCl. The molecule has 0 atom stereocenters. The molecule has 0 spiro atoms. The van der Waals surface area contributed by atoms with Crippen molar-refractivity contribution in [2.45, 2.75) is 13.3 Å². The second kappa shape index (κ2) is 6.63. The molecule has 104 valence electrons. The lowest BCUT2D eigenvalue weighted by molar-refractivity contribution is -0.114. The molecule has 0 heterocycles. The molecule has 0 bridgehead atoms. The molecule has 19 heavy (non-hydrogen) atoms. The second-order valence-electron chi connectivity index (χ2n) is 3.78. The van der Waals surface area contributed by atoms with Gasteiger partial charge in [0.2, 0.25) is 5.91 Å². The van der Waals surface area contributed by atoms with Gasteiger partial charge in [-0.25, -0.2) is 0 Å². The summed E-state index contributed by atoms with van der Waals surface area (Å²) in [5.41, 5.74) is 6.37. The van der Waals surface area contributed by atoms with Crippen LogP contribution in [0.1, 0.15) is 22.8 Å². The number of anilines is 1. The summed E-state index contributed by atoms with van der Waals surface area (Å²) in [7, 11) is 1.41. The van der Waals surface area contributed by atoms with Gasteiger partial charge >= 0.3 is 0 Å². The van der Waals surface area contributed by atoms with Crippen LogP contribution >= 0.6 is 23.2 Å². The molecule has 2 amide bonds. The van der Waals surface area contributed by atoms with Crippen LogP contribution in [0.15, 0.2) is 6.07 Å². The Balaban J connectivity index is 3.54. The zero-order valence-electron chi connectivity index (χ0n) is 10.5. The lowest BCUT2D eigenvalue weighted by Crippen LogP contribution is -2.16. The Bertz CT molecular complexity index is 518. The van der Waals surface area contributed by atoms with Gasteiger partial charge in [-0.2, -0.15) is 0 Å². The Labute approximate surface area is 121 Å². The minimum Gasteiger partial charge on any atom is -0.496 e. The van der Waals surface area contributed by atoms with Crippen LogP contribution in [0, 0.1) is 0 Å². The Morgan fingerprint density at radius 1 is 1.47 bits per heavy atom. The normalized spacial score (nSPS) is 10.1. The van der Waals surface area contributed by atoms with Crippen molar-refractivity contribution in [2.24, 2.45) is 5.73 Å². The van der Waals surface area contributed by atoms with Crippen LogP contribution in [-0.2, 0) is 11.2 Å². The van der Waals surface area contributed by atoms with Crippen LogP contribution in [0.2, 0.25) is 5.02 Å². The minimum atomic E-state index is -0.663. The van der Waals surface area contributed by atoms with Crippen molar-refractivity contribution in [2.75, 3.05) is 18.3 Å². The van der Waals surface area contributed by atoms with E-state index in [4.69, 9.17) is 33.7 Å². The van der Waals surface area contributed by atoms with Gasteiger partial charge in [-0.05, 0) is 12.5 Å². The largest absolute Gasteiger partial charge is 0.496 e. The summed E-state index contributed by atoms with van der Waals surface area (Å²) in [5, 5.41) is 2.82. The Kier molecular flexibility index (Phi) is 5.44. The van der Waals surface area contributed by atoms with Gasteiger partial charge in [0.25, 0.3) is 5.91 Å². The number of alkyl halides is 1. The van der Waals surface area contributed by atoms with E-state index >= 15 is 0 Å². The van der Waals surface area contributed by atoms with Gasteiger partial charge in [-0.1, -0.05) is 11.6 Å². The molecule has 0 radical (unpaired) electrons. The van der Waals surface area contributed by atoms with Gasteiger partial charge in [-0.3, -0.25) is 9.59 Å². The Morgan fingerprint density at radius 3 is 2.53 bits per heavy atom. The lowest BCUT2D eigenvalue weighted by Gasteiger charge is -2.17. The third kappa shape index (κ3) is 3.52. The number of nitrogens with one attached hydrogen (secondary N) is 1. The number of methoxy groups -OCH3 is 1. The van der Waals surface area contributed by atoms with Gasteiger partial charge < -0.3 is 15.8 Å². The van der Waals surface area contributed by atoms with E-state index in [2.05, 4.69) is 5.32 Å². The van der Waals surface area contributed by atoms with E-state index in [9.17, 15) is 9.59 Å². The molecule has 0 saturated heterocycles. The van der Waals surface area contributed by atoms with Crippen LogP contribution in [0.5, 0.6) is 5.75 Å². The summed E-state index contributed by atoms with van der Waals surface area (Å²) < 4.78 is 5.20. The molecule has 0 saturated carbocycles. The molecule has 0 aliphatic rings. The first-order valence-electron chi connectivity index (χ1n) is 5.45. The van der Waals surface area contributed by atoms with Crippen molar-refractivity contribution in [3.8, 4) is 5.75 Å². The van der Waals surface area contributed by atoms with E-state index in [1.807, 2.05) is 0 Å². The number of rotatable bonds is 5. The number of hydrogen-bond acceptors (Lipinski definition) is 3. The maximum absolute atomic E-state index is 11.4. The summed E-state index contributed by atoms with van der Waals surface area (Å²) in [6, 6.07) is 1.37. The topological polar surface area (TPSA) is 81.4 Å². The predicted molar refractivity (Wildman–Crippen MR) is 75.2 cm³/mol. The van der Waals surface area contributed by atoms with E-state index in [0.29, 0.717) is 17.7 Å². The monoisotopic (exact) mass is 304 g/mol. The highest BCUT2D eigenvalue weighted by Crippen LogP contribution is 2.37. The predicted octanol–water partition coefficient (Wildman–Crippen LogP) is 2.19. The van der Waals surface area contributed by atoms with E-state index < -0.39 is 5.91 Å². The highest BCUT2D eigenvalue weighted by molar-refractivity contribution is 6.34. The maximum Gasteiger partial charge on any atom is 0.252 e. The van der Waals surface area contributed by atoms with Crippen LogP contribution in [0.4, 0.5) is 5.69 Å². The number of carbonyl (C=O) groups excluding carboxylic acids is 2. The van der Waals surface area contributed by atoms with Crippen molar-refractivity contribution in [1.29, 1.82) is 0 Å². The average Bonchev–Trinajstić information content (AvgIpc) is 2.32. The molecule has 1 rings (SSSR count). The molecular formula is C12H14Cl2N2O3. The lowest BCUT2D eigenvalue weighted by atomic mass is 10.0. The zero-order chi connectivity index (χ0) is 14.6. The summed E-state index contributed by atoms with van der Waals surface area (Å²) >= 11 is 11.8. The number of ether oxygens (including phenoxy) is 1. The molecular weight excluding hydrogens is 291 g/mol. The van der Waals surface area contributed by atoms with E-state index in [1.165, 1.54) is 20.1 Å². The van der Waals surface area contributed by atoms with E-state index in [0.717, 1.165) is 0 Å². The van der Waals surface area contributed by atoms with Crippen molar-refractivity contribution >= 4 is 40.7 Å². The summed E-state index contributed by atoms with van der Waals surface area (Å²) in [6.45, 7) is 1.36. The van der Waals surface area contributed by atoms with Crippen LogP contribution in [-0.4, -0.2) is 24.8 Å². The van der Waals surface area contributed by atoms with E-state index in [-0.39, 0.29) is 28.1 Å². The van der Waals surface area contributed by atoms with E-state index in [1.54, 1.807) is 0 Å². The molecule has 0 aliphatic carbocycles. The molecule has 3 N–H and O–H groups in total. The summed E-state index contributed by atoms with van der Waals surface area (Å²) in [5.74, 6) is -0.390. The number of primary amides is 1. The van der Waals surface area contributed by atoms with Gasteiger partial charge in [0.05, 0.1) is 23.4 Å². The Morgan fingerprint density at radius 2 is 2.11 bits per heavy atom. The van der Waals surface area contributed by atoms with Crippen LogP contribution in [0.3, 0.4) is 0 Å². The molecule has 0 aliphatic heterocycles. The van der Waals surface area contributed by atoms with Gasteiger partial charge in [0, 0.05) is 18.4 Å². The fraction of sp³-hybridized carbons (Fsp3) is 0.333. The number of carbonyl (C=O) groups is 2. The third-order valence-electron chi connectivity index (χ3n) is 2.45. The molecule has 0 fully saturated rings. The van der Waals surface area contributed by atoms with Gasteiger partial charge in [0.1, 0.15) is 5.75 Å². The average molecular weight is 305 g/mol. The van der Waals surface area contributed by atoms with Crippen LogP contribution in [0.25, 0.3) is 0 Å². The first-order chi connectivity index (χ1) is 8.92. The van der Waals surface area contributed by atoms with Crippen molar-refractivity contribution < 1.29 is 14.3 Å². The molecule has 1 aromatic carbocycles. The molecule has 1 aromatic rings. The quantitative estimate of drug-likeness (QED) is 0.818. The van der Waals surface area contributed by atoms with Crippen molar-refractivity contribution in [3.05, 3.63) is 22.2 Å². The fourth-order valence-corrected chi connectivity index (χ4v) is 2.20. The zero-order valence-corrected chi connectivity index (χ0v) is 12.1. The van der Waals surface area contributed by atoms with Crippen molar-refractivity contribution in [3.63, 3.8) is 0 Å². The highest BCUT2D eigenvalue weighted by Gasteiger charge is 2.21. The van der Waals surface area contributed by atoms with Crippen molar-refractivity contribution in [1.82, 2.24) is 0 Å². The number of amides is 2. The third-order valence-corrected chi connectivity index (χ3v) is 2.93. The van der Waals surface area contributed by atoms with Crippen LogP contribution < -0.4 is 15.8 Å². The molecule has 7 heteroatoms. The van der Waals surface area contributed by atoms with Gasteiger partial charge in [0.15, 0.2) is 0 Å². The smallest absolute Gasteiger partial charge is 0.252 e. The molecule has 0 aromatic heterocycles. The Hall–Kier alpha value is -1.46. The number of hydrogen-bond donors (Lipinski definition) is 2. The minimum absolute atomic E-state index is 0.154. The summed E-state index contributed by atoms with van der Waals surface area (Å²) in [6.07, 6.45) is 0.376.